The first kappa shape index (κ1) is 11.5. The Kier molecular flexibility index (Phi) is 3.42. The number of nitrogens with zero attached hydrogens (tertiary/aromatic N) is 2. The maximum atomic E-state index is 4.22. The summed E-state index contributed by atoms with van der Waals surface area (Å²) in [5.74, 6) is 0.824. The van der Waals surface area contributed by atoms with Crippen molar-refractivity contribution in [2.24, 2.45) is 5.92 Å². The molecule has 0 bridgehead atoms. The molecule has 1 fully saturated rings. The van der Waals surface area contributed by atoms with Gasteiger partial charge in [0.1, 0.15) is 0 Å². The van der Waals surface area contributed by atoms with Crippen molar-refractivity contribution >= 4 is 0 Å². The number of hydrogen-bond donors (Lipinski definition) is 1. The summed E-state index contributed by atoms with van der Waals surface area (Å²) < 4.78 is 1.97. The van der Waals surface area contributed by atoms with Gasteiger partial charge in [-0.3, -0.25) is 4.68 Å². The quantitative estimate of drug-likeness (QED) is 0.842. The van der Waals surface area contributed by atoms with Crippen molar-refractivity contribution in [3.63, 3.8) is 0 Å². The van der Waals surface area contributed by atoms with Crippen LogP contribution >= 0.6 is 0 Å². The van der Waals surface area contributed by atoms with Crippen molar-refractivity contribution in [3.05, 3.63) is 54.4 Å². The van der Waals surface area contributed by atoms with Crippen LogP contribution in [0.5, 0.6) is 0 Å². The number of benzene rings is 1. The summed E-state index contributed by atoms with van der Waals surface area (Å²) in [7, 11) is 0. The van der Waals surface area contributed by atoms with Crippen molar-refractivity contribution < 1.29 is 0 Å². The molecule has 0 aliphatic heterocycles. The molecule has 1 aliphatic carbocycles. The molecule has 1 aliphatic rings. The van der Waals surface area contributed by atoms with Crippen LogP contribution in [-0.2, 0) is 6.54 Å². The normalized spacial score (nSPS) is 16.7. The van der Waals surface area contributed by atoms with Gasteiger partial charge < -0.3 is 5.32 Å². The highest BCUT2D eigenvalue weighted by atomic mass is 15.3. The first-order valence-corrected chi connectivity index (χ1v) is 6.69. The molecular formula is C15H19N3. The average Bonchev–Trinajstić information content (AvgIpc) is 3.12. The van der Waals surface area contributed by atoms with Crippen LogP contribution in [0.4, 0.5) is 0 Å². The van der Waals surface area contributed by atoms with Crippen molar-refractivity contribution in [2.75, 3.05) is 6.54 Å². The zero-order chi connectivity index (χ0) is 12.2. The largest absolute Gasteiger partial charge is 0.308 e. The summed E-state index contributed by atoms with van der Waals surface area (Å²) in [5.41, 5.74) is 1.42. The molecule has 1 unspecified atom stereocenters. The molecule has 3 rings (SSSR count). The molecule has 2 aromatic rings. The van der Waals surface area contributed by atoms with E-state index in [1.165, 1.54) is 18.4 Å². The number of aromatic nitrogens is 2. The Morgan fingerprint density at radius 3 is 2.72 bits per heavy atom. The predicted octanol–water partition coefficient (Wildman–Crippen LogP) is 2.62. The Balaban J connectivity index is 1.58. The van der Waals surface area contributed by atoms with Crippen LogP contribution in [0.3, 0.4) is 0 Å². The maximum Gasteiger partial charge on any atom is 0.0534 e. The molecule has 1 N–H and O–H groups in total. The van der Waals surface area contributed by atoms with E-state index in [1.54, 1.807) is 0 Å². The molecule has 3 nitrogen and oxygen atoms in total. The maximum absolute atomic E-state index is 4.22. The van der Waals surface area contributed by atoms with Crippen molar-refractivity contribution in [1.82, 2.24) is 15.1 Å². The molecule has 0 radical (unpaired) electrons. The van der Waals surface area contributed by atoms with E-state index in [0.717, 1.165) is 19.0 Å². The molecule has 0 spiro atoms. The van der Waals surface area contributed by atoms with Gasteiger partial charge in [0.15, 0.2) is 0 Å². The molecule has 1 aromatic carbocycles. The van der Waals surface area contributed by atoms with Gasteiger partial charge in [0.25, 0.3) is 0 Å². The standard InChI is InChI=1S/C15H19N3/c1-2-5-13(6-3-1)15(14-7-8-14)16-10-12-18-11-4-9-17-18/h1-6,9,11,14-16H,7-8,10,12H2. The lowest BCUT2D eigenvalue weighted by Crippen LogP contribution is -2.26. The van der Waals surface area contributed by atoms with Crippen molar-refractivity contribution in [3.8, 4) is 0 Å². The summed E-state index contributed by atoms with van der Waals surface area (Å²) in [6.45, 7) is 1.90. The lowest BCUT2D eigenvalue weighted by atomic mass is 10.0. The smallest absolute Gasteiger partial charge is 0.0534 e. The molecule has 1 atom stereocenters. The molecule has 1 saturated carbocycles. The predicted molar refractivity (Wildman–Crippen MR) is 72.1 cm³/mol. The van der Waals surface area contributed by atoms with Gasteiger partial charge in [-0.05, 0) is 30.4 Å². The summed E-state index contributed by atoms with van der Waals surface area (Å²) in [4.78, 5) is 0. The second-order valence-electron chi connectivity index (χ2n) is 4.95. The molecule has 3 heteroatoms. The Morgan fingerprint density at radius 2 is 2.06 bits per heavy atom. The minimum absolute atomic E-state index is 0.516. The van der Waals surface area contributed by atoms with Crippen LogP contribution < -0.4 is 5.32 Å². The third kappa shape index (κ3) is 2.79. The Morgan fingerprint density at radius 1 is 1.22 bits per heavy atom. The van der Waals surface area contributed by atoms with E-state index in [-0.39, 0.29) is 0 Å². The van der Waals surface area contributed by atoms with Crippen LogP contribution in [0.15, 0.2) is 48.8 Å². The van der Waals surface area contributed by atoms with Crippen molar-refractivity contribution in [1.29, 1.82) is 0 Å². The first-order chi connectivity index (χ1) is 8.93. The summed E-state index contributed by atoms with van der Waals surface area (Å²) in [6.07, 6.45) is 6.55. The summed E-state index contributed by atoms with van der Waals surface area (Å²) in [5, 5.41) is 7.90. The fourth-order valence-electron chi connectivity index (χ4n) is 2.41. The Labute approximate surface area is 108 Å². The summed E-state index contributed by atoms with van der Waals surface area (Å²) >= 11 is 0. The van der Waals surface area contributed by atoms with Crippen LogP contribution in [-0.4, -0.2) is 16.3 Å². The fourth-order valence-corrected chi connectivity index (χ4v) is 2.41. The van der Waals surface area contributed by atoms with Gasteiger partial charge in [-0.1, -0.05) is 30.3 Å². The second kappa shape index (κ2) is 5.36. The third-order valence-corrected chi connectivity index (χ3v) is 3.52. The lowest BCUT2D eigenvalue weighted by molar-refractivity contribution is 0.450. The molecule has 0 amide bonds. The van der Waals surface area contributed by atoms with E-state index >= 15 is 0 Å². The van der Waals surface area contributed by atoms with E-state index in [0.29, 0.717) is 6.04 Å². The first-order valence-electron chi connectivity index (χ1n) is 6.69. The van der Waals surface area contributed by atoms with Gasteiger partial charge in [0.05, 0.1) is 6.54 Å². The number of rotatable bonds is 6. The van der Waals surface area contributed by atoms with Gasteiger partial charge in [0.2, 0.25) is 0 Å². The second-order valence-corrected chi connectivity index (χ2v) is 4.95. The molecule has 1 aromatic heterocycles. The van der Waals surface area contributed by atoms with Crippen molar-refractivity contribution in [2.45, 2.75) is 25.4 Å². The molecule has 94 valence electrons. The molecule has 1 heterocycles. The Bertz CT molecular complexity index is 460. The van der Waals surface area contributed by atoms with Crippen LogP contribution in [0.1, 0.15) is 24.4 Å². The van der Waals surface area contributed by atoms with E-state index in [4.69, 9.17) is 0 Å². The van der Waals surface area contributed by atoms with Gasteiger partial charge in [-0.15, -0.1) is 0 Å². The minimum Gasteiger partial charge on any atom is -0.308 e. The number of hydrogen-bond acceptors (Lipinski definition) is 2. The van der Waals surface area contributed by atoms with Gasteiger partial charge >= 0.3 is 0 Å². The van der Waals surface area contributed by atoms with Gasteiger partial charge in [0, 0.05) is 25.0 Å². The highest BCUT2D eigenvalue weighted by Crippen LogP contribution is 2.40. The zero-order valence-electron chi connectivity index (χ0n) is 10.5. The van der Waals surface area contributed by atoms with E-state index in [9.17, 15) is 0 Å². The van der Waals surface area contributed by atoms with E-state index < -0.39 is 0 Å². The minimum atomic E-state index is 0.516. The topological polar surface area (TPSA) is 29.9 Å². The van der Waals surface area contributed by atoms with Crippen LogP contribution in [0, 0.1) is 5.92 Å². The zero-order valence-corrected chi connectivity index (χ0v) is 10.5. The molecule has 0 saturated heterocycles. The van der Waals surface area contributed by atoms with E-state index in [2.05, 4.69) is 40.7 Å². The highest BCUT2D eigenvalue weighted by molar-refractivity contribution is 5.21. The van der Waals surface area contributed by atoms with Gasteiger partial charge in [-0.25, -0.2) is 0 Å². The van der Waals surface area contributed by atoms with Crippen LogP contribution in [0.2, 0.25) is 0 Å². The van der Waals surface area contributed by atoms with E-state index in [1.807, 2.05) is 23.1 Å². The highest BCUT2D eigenvalue weighted by Gasteiger charge is 2.31. The SMILES string of the molecule is c1ccc(C(NCCn2cccn2)C2CC2)cc1. The molecule has 18 heavy (non-hydrogen) atoms. The Hall–Kier alpha value is -1.61. The van der Waals surface area contributed by atoms with Gasteiger partial charge in [-0.2, -0.15) is 5.10 Å². The monoisotopic (exact) mass is 241 g/mol. The summed E-state index contributed by atoms with van der Waals surface area (Å²) in [6, 6.07) is 13.3. The third-order valence-electron chi connectivity index (χ3n) is 3.52. The fraction of sp³-hybridized carbons (Fsp3) is 0.400. The lowest BCUT2D eigenvalue weighted by Gasteiger charge is -2.18. The average molecular weight is 241 g/mol. The molecular weight excluding hydrogens is 222 g/mol. The number of nitrogens with one attached hydrogen (secondary N) is 1. The van der Waals surface area contributed by atoms with Crippen LogP contribution in [0.25, 0.3) is 0 Å².